The number of fused-ring (bicyclic) bond motifs is 1. The molecule has 2 fully saturated rings. The van der Waals surface area contributed by atoms with E-state index < -0.39 is 6.04 Å². The van der Waals surface area contributed by atoms with E-state index >= 15 is 0 Å². The van der Waals surface area contributed by atoms with Gasteiger partial charge < -0.3 is 14.9 Å². The van der Waals surface area contributed by atoms with Crippen LogP contribution in [0.1, 0.15) is 0 Å². The number of piperazine rings is 1. The predicted molar refractivity (Wildman–Crippen MR) is 69.7 cm³/mol. The molecular formula is C11H17N3O4S. The smallest absolute Gasteiger partial charge is 0.327 e. The molecule has 2 saturated heterocycles. The number of carbonyl (C=O) groups excluding carboxylic acids is 3. The molecular weight excluding hydrogens is 270 g/mol. The number of aliphatic hydroxyl groups excluding tert-OH is 1. The van der Waals surface area contributed by atoms with Crippen molar-refractivity contribution in [3.8, 4) is 0 Å². The minimum Gasteiger partial charge on any atom is -0.395 e. The van der Waals surface area contributed by atoms with E-state index in [0.717, 1.165) is 4.90 Å². The highest BCUT2D eigenvalue weighted by atomic mass is 32.2. The van der Waals surface area contributed by atoms with E-state index in [-0.39, 0.29) is 37.5 Å². The van der Waals surface area contributed by atoms with Crippen LogP contribution < -0.4 is 0 Å². The van der Waals surface area contributed by atoms with Crippen molar-refractivity contribution in [2.45, 2.75) is 6.04 Å². The van der Waals surface area contributed by atoms with Gasteiger partial charge in [-0.05, 0) is 6.26 Å². The number of imide groups is 1. The maximum atomic E-state index is 12.1. The van der Waals surface area contributed by atoms with Crippen molar-refractivity contribution in [3.63, 3.8) is 0 Å². The molecule has 2 aliphatic rings. The Labute approximate surface area is 115 Å². The monoisotopic (exact) mass is 287 g/mol. The molecule has 1 N–H and O–H groups in total. The Morgan fingerprint density at radius 2 is 2.16 bits per heavy atom. The van der Waals surface area contributed by atoms with Gasteiger partial charge in [0.25, 0.3) is 5.91 Å². The molecule has 0 bridgehead atoms. The number of rotatable bonds is 4. The van der Waals surface area contributed by atoms with Gasteiger partial charge in [-0.3, -0.25) is 14.5 Å². The van der Waals surface area contributed by atoms with Crippen LogP contribution in [0, 0.1) is 0 Å². The average Bonchev–Trinajstić information content (AvgIpc) is 2.64. The molecule has 0 aromatic carbocycles. The fraction of sp³-hybridized carbons (Fsp3) is 0.727. The van der Waals surface area contributed by atoms with Gasteiger partial charge >= 0.3 is 6.03 Å². The Bertz CT molecular complexity index is 403. The standard InChI is InChI=1S/C11H17N3O4S/c1-19-7-9(16)12-2-3-13-8(6-12)10(17)14(4-5-15)11(13)18/h8,15H,2-7H2,1H3/t8-/m1/s1. The summed E-state index contributed by atoms with van der Waals surface area (Å²) in [5.74, 6) is 0.0589. The van der Waals surface area contributed by atoms with Gasteiger partial charge in [-0.1, -0.05) is 0 Å². The number of aliphatic hydroxyl groups is 1. The lowest BCUT2D eigenvalue weighted by atomic mass is 10.2. The largest absolute Gasteiger partial charge is 0.395 e. The van der Waals surface area contributed by atoms with Crippen molar-refractivity contribution in [2.24, 2.45) is 0 Å². The molecule has 1 atom stereocenters. The van der Waals surface area contributed by atoms with Crippen molar-refractivity contribution in [3.05, 3.63) is 0 Å². The van der Waals surface area contributed by atoms with E-state index in [9.17, 15) is 14.4 Å². The zero-order valence-corrected chi connectivity index (χ0v) is 11.6. The minimum absolute atomic E-state index is 0.00647. The Morgan fingerprint density at radius 1 is 1.42 bits per heavy atom. The van der Waals surface area contributed by atoms with E-state index in [2.05, 4.69) is 0 Å². The zero-order chi connectivity index (χ0) is 14.0. The van der Waals surface area contributed by atoms with Gasteiger partial charge in [0.2, 0.25) is 5.91 Å². The second-order valence-corrected chi connectivity index (χ2v) is 5.34. The number of nitrogens with zero attached hydrogens (tertiary/aromatic N) is 3. The lowest BCUT2D eigenvalue weighted by Crippen LogP contribution is -2.55. The number of hydrogen-bond donors (Lipinski definition) is 1. The summed E-state index contributed by atoms with van der Waals surface area (Å²) in [5, 5.41) is 8.87. The highest BCUT2D eigenvalue weighted by molar-refractivity contribution is 7.99. The molecule has 0 aromatic rings. The van der Waals surface area contributed by atoms with Crippen LogP contribution >= 0.6 is 11.8 Å². The van der Waals surface area contributed by atoms with Crippen molar-refractivity contribution in [1.82, 2.24) is 14.7 Å². The van der Waals surface area contributed by atoms with Gasteiger partial charge in [0.05, 0.1) is 25.4 Å². The van der Waals surface area contributed by atoms with Crippen LogP contribution in [0.3, 0.4) is 0 Å². The van der Waals surface area contributed by atoms with E-state index in [1.54, 1.807) is 4.90 Å². The fourth-order valence-electron chi connectivity index (χ4n) is 2.40. The molecule has 2 heterocycles. The molecule has 106 valence electrons. The zero-order valence-electron chi connectivity index (χ0n) is 10.7. The van der Waals surface area contributed by atoms with Crippen LogP contribution in [-0.4, -0.2) is 88.5 Å². The van der Waals surface area contributed by atoms with Crippen molar-refractivity contribution < 1.29 is 19.5 Å². The maximum absolute atomic E-state index is 12.1. The van der Waals surface area contributed by atoms with Gasteiger partial charge in [-0.25, -0.2) is 4.79 Å². The highest BCUT2D eigenvalue weighted by Gasteiger charge is 2.47. The Kier molecular flexibility index (Phi) is 4.31. The predicted octanol–water partition coefficient (Wildman–Crippen LogP) is -1.18. The number of urea groups is 1. The molecule has 0 aromatic heterocycles. The molecule has 0 spiro atoms. The number of amides is 4. The van der Waals surface area contributed by atoms with Crippen molar-refractivity contribution in [1.29, 1.82) is 0 Å². The first-order chi connectivity index (χ1) is 9.10. The summed E-state index contributed by atoms with van der Waals surface area (Å²) in [7, 11) is 0. The van der Waals surface area contributed by atoms with Crippen molar-refractivity contribution in [2.75, 3.05) is 44.8 Å². The summed E-state index contributed by atoms with van der Waals surface area (Å²) >= 11 is 1.44. The fourth-order valence-corrected chi connectivity index (χ4v) is 2.83. The summed E-state index contributed by atoms with van der Waals surface area (Å²) in [5.41, 5.74) is 0. The van der Waals surface area contributed by atoms with Crippen LogP contribution in [0.4, 0.5) is 4.79 Å². The molecule has 0 radical (unpaired) electrons. The Morgan fingerprint density at radius 3 is 2.79 bits per heavy atom. The third kappa shape index (κ3) is 2.55. The van der Waals surface area contributed by atoms with Crippen LogP contribution in [-0.2, 0) is 9.59 Å². The summed E-state index contributed by atoms with van der Waals surface area (Å²) in [6.07, 6.45) is 1.85. The minimum atomic E-state index is -0.585. The first-order valence-corrected chi connectivity index (χ1v) is 7.49. The summed E-state index contributed by atoms with van der Waals surface area (Å²) in [4.78, 5) is 40.0. The number of hydrogen-bond acceptors (Lipinski definition) is 5. The Balaban J connectivity index is 2.06. The Hall–Kier alpha value is -1.28. The third-order valence-corrected chi connectivity index (χ3v) is 3.89. The SMILES string of the molecule is CSCC(=O)N1CCN2C(=O)N(CCO)C(=O)[C@H]2C1. The van der Waals surface area contributed by atoms with Crippen LogP contribution in [0.15, 0.2) is 0 Å². The van der Waals surface area contributed by atoms with Crippen LogP contribution in [0.2, 0.25) is 0 Å². The second kappa shape index (κ2) is 5.79. The second-order valence-electron chi connectivity index (χ2n) is 4.48. The van der Waals surface area contributed by atoms with Gasteiger partial charge in [-0.2, -0.15) is 11.8 Å². The summed E-state index contributed by atoms with van der Waals surface area (Å²) in [6.45, 7) is 0.863. The molecule has 4 amide bonds. The molecule has 2 aliphatic heterocycles. The van der Waals surface area contributed by atoms with Gasteiger partial charge in [0, 0.05) is 13.1 Å². The van der Waals surface area contributed by atoms with Gasteiger partial charge in [0.15, 0.2) is 0 Å². The maximum Gasteiger partial charge on any atom is 0.327 e. The lowest BCUT2D eigenvalue weighted by molar-refractivity contribution is -0.134. The van der Waals surface area contributed by atoms with E-state index in [0.29, 0.717) is 18.8 Å². The van der Waals surface area contributed by atoms with E-state index in [1.807, 2.05) is 6.26 Å². The highest BCUT2D eigenvalue weighted by Crippen LogP contribution is 2.22. The first-order valence-electron chi connectivity index (χ1n) is 6.09. The molecule has 0 saturated carbocycles. The number of β-amino-alcohol motifs (C(OH)–C–C–N with tert-alkyl or cyclic N) is 1. The van der Waals surface area contributed by atoms with Gasteiger partial charge in [-0.15, -0.1) is 0 Å². The lowest BCUT2D eigenvalue weighted by Gasteiger charge is -2.35. The summed E-state index contributed by atoms with van der Waals surface area (Å²) in [6, 6.07) is -0.945. The average molecular weight is 287 g/mol. The molecule has 0 unspecified atom stereocenters. The molecule has 7 nitrogen and oxygen atoms in total. The van der Waals surface area contributed by atoms with E-state index in [1.165, 1.54) is 16.7 Å². The topological polar surface area (TPSA) is 81.2 Å². The summed E-state index contributed by atoms with van der Waals surface area (Å²) < 4.78 is 0. The van der Waals surface area contributed by atoms with Crippen molar-refractivity contribution >= 4 is 29.6 Å². The number of carbonyl (C=O) groups is 3. The quantitative estimate of drug-likeness (QED) is 0.658. The molecule has 19 heavy (non-hydrogen) atoms. The molecule has 2 rings (SSSR count). The van der Waals surface area contributed by atoms with Gasteiger partial charge in [0.1, 0.15) is 6.04 Å². The first kappa shape index (κ1) is 14.1. The number of thioether (sulfide) groups is 1. The van der Waals surface area contributed by atoms with E-state index in [4.69, 9.17) is 5.11 Å². The molecule has 0 aliphatic carbocycles. The van der Waals surface area contributed by atoms with Crippen LogP contribution in [0.5, 0.6) is 0 Å². The molecule has 8 heteroatoms. The third-order valence-electron chi connectivity index (χ3n) is 3.35. The van der Waals surface area contributed by atoms with Crippen LogP contribution in [0.25, 0.3) is 0 Å². The normalized spacial score (nSPS) is 23.1.